The Morgan fingerprint density at radius 1 is 1.44 bits per heavy atom. The van der Waals surface area contributed by atoms with E-state index in [1.165, 1.54) is 19.6 Å². The van der Waals surface area contributed by atoms with Gasteiger partial charge in [0.25, 0.3) is 0 Å². The number of halogens is 1. The van der Waals surface area contributed by atoms with Gasteiger partial charge in [0.2, 0.25) is 0 Å². The Balaban J connectivity index is 2.88. The summed E-state index contributed by atoms with van der Waals surface area (Å²) < 4.78 is 10.5. The van der Waals surface area contributed by atoms with Crippen LogP contribution in [0.2, 0.25) is 0 Å². The topological polar surface area (TPSA) is 35.5 Å². The van der Waals surface area contributed by atoms with Crippen molar-refractivity contribution in [1.82, 2.24) is 0 Å². The third kappa shape index (κ3) is 3.28. The number of carbonyl (C=O) groups excluding carboxylic acids is 1. The molecule has 0 aliphatic carbocycles. The van der Waals surface area contributed by atoms with Crippen LogP contribution >= 0.6 is 11.6 Å². The van der Waals surface area contributed by atoms with Gasteiger partial charge in [0.05, 0.1) is 7.11 Å². The van der Waals surface area contributed by atoms with Crippen molar-refractivity contribution < 1.29 is 14.3 Å². The predicted octanol–water partition coefficient (Wildman–Crippen LogP) is 3.03. The molecule has 0 radical (unpaired) electrons. The fourth-order valence-corrected chi connectivity index (χ4v) is 1.25. The van der Waals surface area contributed by atoms with Crippen LogP contribution in [0.3, 0.4) is 0 Å². The van der Waals surface area contributed by atoms with Gasteiger partial charge in [0, 0.05) is 11.1 Å². The molecule has 4 heteroatoms. The van der Waals surface area contributed by atoms with E-state index in [1.54, 1.807) is 24.3 Å². The van der Waals surface area contributed by atoms with E-state index in [4.69, 9.17) is 21.1 Å². The molecule has 0 bridgehead atoms. The number of carbonyl (C=O) groups is 1. The minimum atomic E-state index is -0.00879. The lowest BCUT2D eigenvalue weighted by Gasteiger charge is -2.09. The van der Waals surface area contributed by atoms with Gasteiger partial charge in [0.1, 0.15) is 6.61 Å². The molecule has 86 valence electrons. The maximum atomic E-state index is 11.2. The van der Waals surface area contributed by atoms with E-state index in [0.717, 1.165) is 0 Å². The maximum absolute atomic E-state index is 11.2. The highest BCUT2D eigenvalue weighted by atomic mass is 35.5. The van der Waals surface area contributed by atoms with Crippen molar-refractivity contribution >= 4 is 17.4 Å². The summed E-state index contributed by atoms with van der Waals surface area (Å²) in [6.07, 6.45) is 1.67. The van der Waals surface area contributed by atoms with Crippen LogP contribution in [-0.4, -0.2) is 19.5 Å². The van der Waals surface area contributed by atoms with Gasteiger partial charge >= 0.3 is 0 Å². The summed E-state index contributed by atoms with van der Waals surface area (Å²) in [4.78, 5) is 11.2. The van der Waals surface area contributed by atoms with Crippen LogP contribution in [0.15, 0.2) is 29.8 Å². The Hall–Kier alpha value is -1.48. The molecule has 0 amide bonds. The van der Waals surface area contributed by atoms with E-state index >= 15 is 0 Å². The van der Waals surface area contributed by atoms with E-state index < -0.39 is 0 Å². The fraction of sp³-hybridized carbons (Fsp3) is 0.250. The highest BCUT2D eigenvalue weighted by Crippen LogP contribution is 2.28. The maximum Gasteiger partial charge on any atom is 0.161 e. The molecule has 0 spiro atoms. The molecular weight excluding hydrogens is 228 g/mol. The lowest BCUT2D eigenvalue weighted by atomic mass is 10.1. The normalized spacial score (nSPS) is 10.4. The van der Waals surface area contributed by atoms with Crippen LogP contribution in [0.4, 0.5) is 0 Å². The van der Waals surface area contributed by atoms with Crippen LogP contribution in [0, 0.1) is 0 Å². The van der Waals surface area contributed by atoms with E-state index in [9.17, 15) is 4.79 Å². The van der Waals surface area contributed by atoms with Gasteiger partial charge in [0.15, 0.2) is 17.3 Å². The number of methoxy groups -OCH3 is 1. The molecule has 0 aliphatic rings. The molecule has 0 saturated carbocycles. The van der Waals surface area contributed by atoms with E-state index in [-0.39, 0.29) is 5.78 Å². The molecule has 0 heterocycles. The van der Waals surface area contributed by atoms with Crippen molar-refractivity contribution in [3.8, 4) is 11.5 Å². The van der Waals surface area contributed by atoms with Gasteiger partial charge < -0.3 is 9.47 Å². The van der Waals surface area contributed by atoms with Crippen molar-refractivity contribution in [3.63, 3.8) is 0 Å². The predicted molar refractivity (Wildman–Crippen MR) is 63.5 cm³/mol. The zero-order valence-electron chi connectivity index (χ0n) is 9.20. The molecule has 16 heavy (non-hydrogen) atoms. The lowest BCUT2D eigenvalue weighted by molar-refractivity contribution is 0.101. The average molecular weight is 241 g/mol. The van der Waals surface area contributed by atoms with Crippen molar-refractivity contribution in [2.24, 2.45) is 0 Å². The Morgan fingerprint density at radius 2 is 2.19 bits per heavy atom. The molecule has 1 aromatic carbocycles. The molecule has 0 aromatic heterocycles. The number of benzene rings is 1. The number of hydrogen-bond acceptors (Lipinski definition) is 3. The Kier molecular flexibility index (Phi) is 4.86. The van der Waals surface area contributed by atoms with Crippen LogP contribution < -0.4 is 9.47 Å². The van der Waals surface area contributed by atoms with Crippen molar-refractivity contribution in [2.45, 2.75) is 6.92 Å². The van der Waals surface area contributed by atoms with Gasteiger partial charge in [-0.2, -0.15) is 0 Å². The zero-order valence-corrected chi connectivity index (χ0v) is 9.95. The number of ether oxygens (including phenoxy) is 2. The zero-order chi connectivity index (χ0) is 12.0. The molecular formula is C12H13ClO3. The molecule has 0 unspecified atom stereocenters. The molecule has 3 nitrogen and oxygen atoms in total. The molecule has 1 aromatic rings. The molecule has 0 saturated heterocycles. The summed E-state index contributed by atoms with van der Waals surface area (Å²) in [7, 11) is 1.53. The number of hydrogen-bond donors (Lipinski definition) is 0. The Morgan fingerprint density at radius 3 is 2.75 bits per heavy atom. The highest BCUT2D eigenvalue weighted by molar-refractivity contribution is 6.25. The largest absolute Gasteiger partial charge is 0.493 e. The van der Waals surface area contributed by atoms with Crippen LogP contribution in [0.5, 0.6) is 11.5 Å². The third-order valence-corrected chi connectivity index (χ3v) is 2.17. The first-order valence-electron chi connectivity index (χ1n) is 4.76. The molecule has 1 rings (SSSR count). The van der Waals surface area contributed by atoms with E-state index in [2.05, 4.69) is 0 Å². The van der Waals surface area contributed by atoms with E-state index in [0.29, 0.717) is 23.7 Å². The fourth-order valence-electron chi connectivity index (χ4n) is 1.18. The van der Waals surface area contributed by atoms with Crippen LogP contribution in [0.25, 0.3) is 0 Å². The summed E-state index contributed by atoms with van der Waals surface area (Å²) in [5.74, 6) is 1.11. The average Bonchev–Trinajstić information content (AvgIpc) is 2.29. The summed E-state index contributed by atoms with van der Waals surface area (Å²) in [6, 6.07) is 5.06. The van der Waals surface area contributed by atoms with Gasteiger partial charge in [-0.3, -0.25) is 4.79 Å². The Bertz CT molecular complexity index is 399. The van der Waals surface area contributed by atoms with Gasteiger partial charge in [-0.05, 0) is 31.2 Å². The van der Waals surface area contributed by atoms with E-state index in [1.807, 2.05) is 0 Å². The molecule has 0 atom stereocenters. The second-order valence-corrected chi connectivity index (χ2v) is 3.35. The first-order chi connectivity index (χ1) is 7.69. The smallest absolute Gasteiger partial charge is 0.161 e. The number of ketones is 1. The minimum Gasteiger partial charge on any atom is -0.493 e. The monoisotopic (exact) mass is 240 g/mol. The summed E-state index contributed by atoms with van der Waals surface area (Å²) in [5, 5.41) is 0. The standard InChI is InChI=1S/C12H13ClO3/c1-9(14)10-4-5-11(12(8-10)15-2)16-7-3-6-13/h3-6,8H,7H2,1-2H3/b6-3+. The number of rotatable bonds is 5. The summed E-state index contributed by atoms with van der Waals surface area (Å²) in [6.45, 7) is 1.87. The van der Waals surface area contributed by atoms with Crippen LogP contribution in [0.1, 0.15) is 17.3 Å². The second-order valence-electron chi connectivity index (χ2n) is 3.09. The van der Waals surface area contributed by atoms with Crippen LogP contribution in [-0.2, 0) is 0 Å². The molecule has 0 aliphatic heterocycles. The quantitative estimate of drug-likeness (QED) is 0.742. The second kappa shape index (κ2) is 6.18. The van der Waals surface area contributed by atoms with Gasteiger partial charge in [-0.25, -0.2) is 0 Å². The third-order valence-electron chi connectivity index (χ3n) is 1.99. The lowest BCUT2D eigenvalue weighted by Crippen LogP contribution is -1.99. The van der Waals surface area contributed by atoms with Crippen molar-refractivity contribution in [3.05, 3.63) is 35.4 Å². The minimum absolute atomic E-state index is 0.00879. The van der Waals surface area contributed by atoms with Crippen molar-refractivity contribution in [2.75, 3.05) is 13.7 Å². The first kappa shape index (κ1) is 12.6. The SMILES string of the molecule is COc1cc(C(C)=O)ccc1OC/C=C/Cl. The summed E-state index contributed by atoms with van der Waals surface area (Å²) in [5.41, 5.74) is 1.98. The van der Waals surface area contributed by atoms with Gasteiger partial charge in [-0.15, -0.1) is 0 Å². The Labute approximate surface area is 99.6 Å². The summed E-state index contributed by atoms with van der Waals surface area (Å²) >= 11 is 5.37. The van der Waals surface area contributed by atoms with Gasteiger partial charge in [-0.1, -0.05) is 11.6 Å². The molecule has 0 N–H and O–H groups in total. The number of Topliss-reactive ketones (excluding diaryl/α,β-unsaturated/α-hetero) is 1. The highest BCUT2D eigenvalue weighted by Gasteiger charge is 2.07. The molecule has 0 fully saturated rings. The van der Waals surface area contributed by atoms with Crippen molar-refractivity contribution in [1.29, 1.82) is 0 Å². The first-order valence-corrected chi connectivity index (χ1v) is 5.19.